The van der Waals surface area contributed by atoms with Gasteiger partial charge in [-0.3, -0.25) is 4.79 Å². The van der Waals surface area contributed by atoms with Crippen molar-refractivity contribution in [2.45, 2.75) is 52.2 Å². The lowest BCUT2D eigenvalue weighted by Gasteiger charge is -2.27. The van der Waals surface area contributed by atoms with Gasteiger partial charge in [0.2, 0.25) is 5.91 Å². The summed E-state index contributed by atoms with van der Waals surface area (Å²) in [5.74, 6) is 0.226. The molecule has 0 aromatic heterocycles. The van der Waals surface area contributed by atoms with Gasteiger partial charge < -0.3 is 21.3 Å². The van der Waals surface area contributed by atoms with Crippen LogP contribution < -0.4 is 21.3 Å². The number of anilines is 1. The Bertz CT molecular complexity index is 557. The molecule has 0 spiro atoms. The molecule has 1 heterocycles. The lowest BCUT2D eigenvalue weighted by atomic mass is 9.92. The number of piperidine rings is 1. The van der Waals surface area contributed by atoms with Gasteiger partial charge in [0, 0.05) is 30.2 Å². The third-order valence-corrected chi connectivity index (χ3v) is 4.09. The molecule has 132 valence electrons. The summed E-state index contributed by atoms with van der Waals surface area (Å²) in [4.78, 5) is 23.9. The largest absolute Gasteiger partial charge is 0.352 e. The van der Waals surface area contributed by atoms with Crippen LogP contribution in [0.3, 0.4) is 0 Å². The summed E-state index contributed by atoms with van der Waals surface area (Å²) in [6, 6.07) is 7.79. The third kappa shape index (κ3) is 5.85. The maximum Gasteiger partial charge on any atom is 0.319 e. The number of carbonyl (C=O) groups excluding carboxylic acids is 2. The molecule has 1 aromatic rings. The maximum atomic E-state index is 12.2. The lowest BCUT2D eigenvalue weighted by Crippen LogP contribution is -2.42. The SMILES string of the molecule is CC(C)NC(=O)Nc1ccc(CNC(=O)[C@H]2CCN[C@@H](C)C2)cc1. The molecule has 1 aromatic carbocycles. The molecule has 2 atom stereocenters. The highest BCUT2D eigenvalue weighted by atomic mass is 16.2. The number of urea groups is 1. The van der Waals surface area contributed by atoms with Gasteiger partial charge in [0.15, 0.2) is 0 Å². The molecule has 0 bridgehead atoms. The second-order valence-corrected chi connectivity index (χ2v) is 6.74. The quantitative estimate of drug-likeness (QED) is 0.667. The van der Waals surface area contributed by atoms with Crippen LogP contribution in [-0.2, 0) is 11.3 Å². The molecule has 6 heteroatoms. The zero-order valence-electron chi connectivity index (χ0n) is 14.7. The molecule has 3 amide bonds. The van der Waals surface area contributed by atoms with Gasteiger partial charge >= 0.3 is 6.03 Å². The van der Waals surface area contributed by atoms with Gasteiger partial charge in [-0.2, -0.15) is 0 Å². The van der Waals surface area contributed by atoms with Crippen LogP contribution in [0.15, 0.2) is 24.3 Å². The normalized spacial score (nSPS) is 20.5. The molecule has 1 fully saturated rings. The first-order chi connectivity index (χ1) is 11.4. The van der Waals surface area contributed by atoms with Crippen LogP contribution in [0, 0.1) is 5.92 Å². The third-order valence-electron chi connectivity index (χ3n) is 4.09. The minimum absolute atomic E-state index is 0.0946. The second kappa shape index (κ2) is 8.68. The van der Waals surface area contributed by atoms with E-state index < -0.39 is 0 Å². The topological polar surface area (TPSA) is 82.3 Å². The number of benzene rings is 1. The van der Waals surface area contributed by atoms with E-state index in [1.54, 1.807) is 0 Å². The van der Waals surface area contributed by atoms with Crippen molar-refractivity contribution < 1.29 is 9.59 Å². The van der Waals surface area contributed by atoms with Gasteiger partial charge in [0.25, 0.3) is 0 Å². The van der Waals surface area contributed by atoms with Crippen molar-refractivity contribution in [3.63, 3.8) is 0 Å². The van der Waals surface area contributed by atoms with Crippen molar-refractivity contribution in [1.82, 2.24) is 16.0 Å². The number of amides is 3. The standard InChI is InChI=1S/C18H28N4O2/c1-12(2)21-18(24)22-16-6-4-14(5-7-16)11-20-17(23)15-8-9-19-13(3)10-15/h4-7,12-13,15,19H,8-11H2,1-3H3,(H,20,23)(H2,21,22,24)/t13-,15-/m0/s1. The van der Waals surface area contributed by atoms with E-state index >= 15 is 0 Å². The average molecular weight is 332 g/mol. The molecule has 6 nitrogen and oxygen atoms in total. The molecule has 0 unspecified atom stereocenters. The second-order valence-electron chi connectivity index (χ2n) is 6.74. The van der Waals surface area contributed by atoms with Gasteiger partial charge in [0.1, 0.15) is 0 Å². The van der Waals surface area contributed by atoms with E-state index in [1.165, 1.54) is 0 Å². The first kappa shape index (κ1) is 18.3. The van der Waals surface area contributed by atoms with Crippen LogP contribution in [0.2, 0.25) is 0 Å². The van der Waals surface area contributed by atoms with E-state index in [9.17, 15) is 9.59 Å². The molecule has 0 radical (unpaired) electrons. The fourth-order valence-electron chi connectivity index (χ4n) is 2.84. The van der Waals surface area contributed by atoms with Crippen molar-refractivity contribution in [2.24, 2.45) is 5.92 Å². The van der Waals surface area contributed by atoms with Gasteiger partial charge in [-0.25, -0.2) is 4.79 Å². The van der Waals surface area contributed by atoms with Crippen LogP contribution in [0.4, 0.5) is 10.5 Å². The predicted molar refractivity (Wildman–Crippen MR) is 95.8 cm³/mol. The molecule has 24 heavy (non-hydrogen) atoms. The summed E-state index contributed by atoms with van der Waals surface area (Å²) < 4.78 is 0. The van der Waals surface area contributed by atoms with Gasteiger partial charge in [-0.05, 0) is 57.9 Å². The highest BCUT2D eigenvalue weighted by molar-refractivity contribution is 5.89. The summed E-state index contributed by atoms with van der Waals surface area (Å²) in [5.41, 5.74) is 1.75. The van der Waals surface area contributed by atoms with Crippen LogP contribution in [0.25, 0.3) is 0 Å². The minimum atomic E-state index is -0.217. The molecule has 1 aliphatic rings. The summed E-state index contributed by atoms with van der Waals surface area (Å²) in [6.07, 6.45) is 1.78. The highest BCUT2D eigenvalue weighted by Crippen LogP contribution is 2.16. The average Bonchev–Trinajstić information content (AvgIpc) is 2.53. The van der Waals surface area contributed by atoms with E-state index in [0.29, 0.717) is 12.6 Å². The molecule has 4 N–H and O–H groups in total. The van der Waals surface area contributed by atoms with Crippen molar-refractivity contribution in [1.29, 1.82) is 0 Å². The van der Waals surface area contributed by atoms with Crippen molar-refractivity contribution in [2.75, 3.05) is 11.9 Å². The number of hydrogen-bond donors (Lipinski definition) is 4. The first-order valence-corrected chi connectivity index (χ1v) is 8.61. The zero-order chi connectivity index (χ0) is 17.5. The molecule has 2 rings (SSSR count). The predicted octanol–water partition coefficient (Wildman–Crippen LogP) is 2.22. The van der Waals surface area contributed by atoms with Crippen LogP contribution in [0.5, 0.6) is 0 Å². The van der Waals surface area contributed by atoms with E-state index in [1.807, 2.05) is 38.1 Å². The van der Waals surface area contributed by atoms with Gasteiger partial charge in [0.05, 0.1) is 0 Å². The van der Waals surface area contributed by atoms with E-state index in [0.717, 1.165) is 30.6 Å². The summed E-state index contributed by atoms with van der Waals surface area (Å²) in [5, 5.41) is 11.9. The van der Waals surface area contributed by atoms with E-state index in [4.69, 9.17) is 0 Å². The number of rotatable bonds is 5. The summed E-state index contributed by atoms with van der Waals surface area (Å²) in [7, 11) is 0. The van der Waals surface area contributed by atoms with Crippen molar-refractivity contribution in [3.05, 3.63) is 29.8 Å². The molecule has 1 aliphatic heterocycles. The highest BCUT2D eigenvalue weighted by Gasteiger charge is 2.24. The number of carbonyl (C=O) groups is 2. The summed E-state index contributed by atoms with van der Waals surface area (Å²) in [6.45, 7) is 7.34. The molecule has 0 saturated carbocycles. The number of hydrogen-bond acceptors (Lipinski definition) is 3. The monoisotopic (exact) mass is 332 g/mol. The molecule has 1 saturated heterocycles. The molecule has 0 aliphatic carbocycles. The summed E-state index contributed by atoms with van der Waals surface area (Å²) >= 11 is 0. The Balaban J connectivity index is 1.79. The van der Waals surface area contributed by atoms with Crippen molar-refractivity contribution >= 4 is 17.6 Å². The first-order valence-electron chi connectivity index (χ1n) is 8.61. The zero-order valence-corrected chi connectivity index (χ0v) is 14.7. The Morgan fingerprint density at radius 2 is 1.96 bits per heavy atom. The van der Waals surface area contributed by atoms with Crippen molar-refractivity contribution in [3.8, 4) is 0 Å². The van der Waals surface area contributed by atoms with Crippen LogP contribution in [0.1, 0.15) is 39.2 Å². The Labute approximate surface area is 143 Å². The Morgan fingerprint density at radius 3 is 2.58 bits per heavy atom. The Kier molecular flexibility index (Phi) is 6.61. The van der Waals surface area contributed by atoms with E-state index in [-0.39, 0.29) is 23.9 Å². The van der Waals surface area contributed by atoms with Crippen LogP contribution >= 0.6 is 0 Å². The van der Waals surface area contributed by atoms with Crippen LogP contribution in [-0.4, -0.2) is 30.6 Å². The molecular weight excluding hydrogens is 304 g/mol. The smallest absolute Gasteiger partial charge is 0.319 e. The Morgan fingerprint density at radius 1 is 1.25 bits per heavy atom. The molecular formula is C18H28N4O2. The van der Waals surface area contributed by atoms with Gasteiger partial charge in [-0.1, -0.05) is 12.1 Å². The fraction of sp³-hybridized carbons (Fsp3) is 0.556. The minimum Gasteiger partial charge on any atom is -0.352 e. The maximum absolute atomic E-state index is 12.2. The number of nitrogens with one attached hydrogen (secondary N) is 4. The van der Waals surface area contributed by atoms with E-state index in [2.05, 4.69) is 28.2 Å². The lowest BCUT2D eigenvalue weighted by molar-refractivity contribution is -0.126. The fourth-order valence-corrected chi connectivity index (χ4v) is 2.84. The van der Waals surface area contributed by atoms with Gasteiger partial charge in [-0.15, -0.1) is 0 Å². The Hall–Kier alpha value is -2.08.